The number of furan rings is 1. The van der Waals surface area contributed by atoms with Gasteiger partial charge in [-0.1, -0.05) is 0 Å². The van der Waals surface area contributed by atoms with Gasteiger partial charge in [-0.2, -0.15) is 0 Å². The highest BCUT2D eigenvalue weighted by Crippen LogP contribution is 2.32. The van der Waals surface area contributed by atoms with Crippen LogP contribution in [0.1, 0.15) is 35.5 Å². The Labute approximate surface area is 180 Å². The summed E-state index contributed by atoms with van der Waals surface area (Å²) in [6.07, 6.45) is 2.28. The number of benzene rings is 2. The molecule has 1 amide bonds. The summed E-state index contributed by atoms with van der Waals surface area (Å²) in [4.78, 5) is 12.5. The molecular weight excluding hydrogens is 420 g/mol. The number of rotatable bonds is 6. The summed E-state index contributed by atoms with van der Waals surface area (Å²) in [5.41, 5.74) is 0.736. The van der Waals surface area contributed by atoms with Crippen molar-refractivity contribution in [3.05, 3.63) is 72.2 Å². The van der Waals surface area contributed by atoms with Crippen LogP contribution in [0.2, 0.25) is 0 Å². The van der Waals surface area contributed by atoms with Crippen molar-refractivity contribution in [2.75, 3.05) is 17.9 Å². The van der Waals surface area contributed by atoms with E-state index in [0.29, 0.717) is 41.7 Å². The molecule has 8 nitrogen and oxygen atoms in total. The minimum atomic E-state index is -3.84. The number of carbonyl (C=O) groups excluding carboxylic acids is 1. The minimum absolute atomic E-state index is 0.0610. The van der Waals surface area contributed by atoms with E-state index in [1.165, 1.54) is 24.3 Å². The largest absolute Gasteiger partial charge is 0.490 e. The van der Waals surface area contributed by atoms with Crippen LogP contribution in [0.4, 0.5) is 5.69 Å². The number of hydrogen-bond acceptors (Lipinski definition) is 6. The van der Waals surface area contributed by atoms with Crippen molar-refractivity contribution < 1.29 is 27.1 Å². The third-order valence-corrected chi connectivity index (χ3v) is 6.13. The minimum Gasteiger partial charge on any atom is -0.490 e. The maximum absolute atomic E-state index is 12.8. The number of carbonyl (C=O) groups is 1. The van der Waals surface area contributed by atoms with E-state index in [9.17, 15) is 13.2 Å². The summed E-state index contributed by atoms with van der Waals surface area (Å²) in [6.45, 7) is 2.80. The van der Waals surface area contributed by atoms with Gasteiger partial charge in [0.25, 0.3) is 15.9 Å². The van der Waals surface area contributed by atoms with Crippen molar-refractivity contribution in [3.8, 4) is 11.5 Å². The fourth-order valence-electron chi connectivity index (χ4n) is 3.10. The first-order valence-electron chi connectivity index (χ1n) is 9.79. The van der Waals surface area contributed by atoms with E-state index in [1.807, 2.05) is 6.92 Å². The predicted molar refractivity (Wildman–Crippen MR) is 114 cm³/mol. The van der Waals surface area contributed by atoms with Crippen LogP contribution < -0.4 is 19.5 Å². The van der Waals surface area contributed by atoms with Crippen molar-refractivity contribution in [1.82, 2.24) is 5.32 Å². The third kappa shape index (κ3) is 4.83. The molecule has 1 atom stereocenters. The average Bonchev–Trinajstić information content (AvgIpc) is 3.19. The Morgan fingerprint density at radius 2 is 1.74 bits per heavy atom. The van der Waals surface area contributed by atoms with Gasteiger partial charge in [-0.3, -0.25) is 9.52 Å². The van der Waals surface area contributed by atoms with Crippen LogP contribution in [0.5, 0.6) is 11.5 Å². The van der Waals surface area contributed by atoms with Gasteiger partial charge in [-0.15, -0.1) is 0 Å². The van der Waals surface area contributed by atoms with E-state index in [1.54, 1.807) is 36.6 Å². The van der Waals surface area contributed by atoms with E-state index in [0.717, 1.165) is 6.42 Å². The molecule has 0 saturated heterocycles. The van der Waals surface area contributed by atoms with Crippen molar-refractivity contribution in [1.29, 1.82) is 0 Å². The molecule has 2 aromatic carbocycles. The molecule has 9 heteroatoms. The molecule has 0 saturated carbocycles. The number of fused-ring (bicyclic) bond motifs is 1. The standard InChI is InChI=1S/C22H22N2O6S/c1-15(19-4-2-11-28-19)23-22(25)16-5-7-17(8-6-16)24-31(26,27)18-9-10-20-21(14-18)30-13-3-12-29-20/h2,4-11,14-15,24H,3,12-13H2,1H3,(H,23,25)/t15-/m1/s1. The second-order valence-corrected chi connectivity index (χ2v) is 8.73. The van der Waals surface area contributed by atoms with Gasteiger partial charge in [0.1, 0.15) is 5.76 Å². The van der Waals surface area contributed by atoms with Gasteiger partial charge >= 0.3 is 0 Å². The van der Waals surface area contributed by atoms with Crippen LogP contribution in [-0.2, 0) is 10.0 Å². The van der Waals surface area contributed by atoms with E-state index in [4.69, 9.17) is 13.9 Å². The summed E-state index contributed by atoms with van der Waals surface area (Å²) in [7, 11) is -3.84. The number of anilines is 1. The molecule has 0 radical (unpaired) electrons. The zero-order valence-corrected chi connectivity index (χ0v) is 17.6. The van der Waals surface area contributed by atoms with Gasteiger partial charge in [-0.05, 0) is 55.5 Å². The zero-order chi connectivity index (χ0) is 21.8. The SMILES string of the molecule is C[C@@H](NC(=O)c1ccc(NS(=O)(=O)c2ccc3c(c2)OCCCO3)cc1)c1ccco1. The lowest BCUT2D eigenvalue weighted by molar-refractivity contribution is 0.0935. The molecule has 0 bridgehead atoms. The van der Waals surface area contributed by atoms with Gasteiger partial charge in [0.05, 0.1) is 30.4 Å². The van der Waals surface area contributed by atoms with Crippen LogP contribution in [0, 0.1) is 0 Å². The first-order chi connectivity index (χ1) is 14.9. The second kappa shape index (κ2) is 8.73. The lowest BCUT2D eigenvalue weighted by atomic mass is 10.1. The summed E-state index contributed by atoms with van der Waals surface area (Å²) in [6, 6.07) is 13.9. The predicted octanol–water partition coefficient (Wildman–Crippen LogP) is 3.73. The van der Waals surface area contributed by atoms with Gasteiger partial charge in [-0.25, -0.2) is 8.42 Å². The molecular formula is C22H22N2O6S. The molecule has 0 fully saturated rings. The van der Waals surface area contributed by atoms with Gasteiger partial charge in [0.15, 0.2) is 11.5 Å². The molecule has 0 aliphatic carbocycles. The molecule has 2 heterocycles. The lowest BCUT2D eigenvalue weighted by Gasteiger charge is -2.13. The average molecular weight is 442 g/mol. The van der Waals surface area contributed by atoms with Gasteiger partial charge in [0.2, 0.25) is 0 Å². The Bertz CT molecular complexity index is 1160. The molecule has 162 valence electrons. The van der Waals surface area contributed by atoms with E-state index in [-0.39, 0.29) is 16.8 Å². The molecule has 31 heavy (non-hydrogen) atoms. The van der Waals surface area contributed by atoms with Crippen LogP contribution in [0.25, 0.3) is 0 Å². The summed E-state index contributed by atoms with van der Waals surface area (Å²) >= 11 is 0. The van der Waals surface area contributed by atoms with E-state index < -0.39 is 10.0 Å². The van der Waals surface area contributed by atoms with Crippen LogP contribution in [0.3, 0.4) is 0 Å². The highest BCUT2D eigenvalue weighted by molar-refractivity contribution is 7.92. The third-order valence-electron chi connectivity index (χ3n) is 4.75. The fraction of sp³-hybridized carbons (Fsp3) is 0.227. The lowest BCUT2D eigenvalue weighted by Crippen LogP contribution is -2.26. The van der Waals surface area contributed by atoms with Crippen LogP contribution >= 0.6 is 0 Å². The number of sulfonamides is 1. The highest BCUT2D eigenvalue weighted by Gasteiger charge is 2.19. The van der Waals surface area contributed by atoms with Crippen LogP contribution in [0.15, 0.2) is 70.2 Å². The van der Waals surface area contributed by atoms with E-state index >= 15 is 0 Å². The molecule has 1 aliphatic rings. The first kappa shape index (κ1) is 20.8. The Balaban J connectivity index is 1.44. The maximum atomic E-state index is 12.8. The Kier molecular flexibility index (Phi) is 5.85. The number of amides is 1. The summed E-state index contributed by atoms with van der Waals surface area (Å²) in [5, 5.41) is 2.83. The Morgan fingerprint density at radius 1 is 1.00 bits per heavy atom. The molecule has 1 aliphatic heterocycles. The maximum Gasteiger partial charge on any atom is 0.262 e. The number of ether oxygens (including phenoxy) is 2. The Hall–Kier alpha value is -3.46. The van der Waals surface area contributed by atoms with E-state index in [2.05, 4.69) is 10.0 Å². The molecule has 3 aromatic rings. The first-order valence-corrected chi connectivity index (χ1v) is 11.3. The van der Waals surface area contributed by atoms with Crippen LogP contribution in [-0.4, -0.2) is 27.5 Å². The fourth-order valence-corrected chi connectivity index (χ4v) is 4.18. The topological polar surface area (TPSA) is 107 Å². The van der Waals surface area contributed by atoms with Gasteiger partial charge < -0.3 is 19.2 Å². The van der Waals surface area contributed by atoms with Crippen molar-refractivity contribution in [3.63, 3.8) is 0 Å². The molecule has 2 N–H and O–H groups in total. The molecule has 1 aromatic heterocycles. The molecule has 0 spiro atoms. The molecule has 0 unspecified atom stereocenters. The quantitative estimate of drug-likeness (QED) is 0.602. The smallest absolute Gasteiger partial charge is 0.262 e. The van der Waals surface area contributed by atoms with Crippen molar-refractivity contribution in [2.24, 2.45) is 0 Å². The second-order valence-electron chi connectivity index (χ2n) is 7.05. The van der Waals surface area contributed by atoms with Gasteiger partial charge in [0, 0.05) is 23.7 Å². The van der Waals surface area contributed by atoms with Crippen molar-refractivity contribution in [2.45, 2.75) is 24.3 Å². The number of hydrogen-bond donors (Lipinski definition) is 2. The van der Waals surface area contributed by atoms with Crippen molar-refractivity contribution >= 4 is 21.6 Å². The summed E-state index contributed by atoms with van der Waals surface area (Å²) in [5.74, 6) is 1.28. The normalized spacial score (nSPS) is 14.4. The summed E-state index contributed by atoms with van der Waals surface area (Å²) < 4.78 is 44.4. The number of nitrogens with one attached hydrogen (secondary N) is 2. The monoisotopic (exact) mass is 442 g/mol. The molecule has 4 rings (SSSR count). The zero-order valence-electron chi connectivity index (χ0n) is 16.8. The highest BCUT2D eigenvalue weighted by atomic mass is 32.2. The Morgan fingerprint density at radius 3 is 2.45 bits per heavy atom.